The van der Waals surface area contributed by atoms with E-state index in [-0.39, 0.29) is 12.1 Å². The van der Waals surface area contributed by atoms with Crippen molar-refractivity contribution in [3.63, 3.8) is 0 Å². The molecule has 0 fully saturated rings. The number of benzene rings is 2. The van der Waals surface area contributed by atoms with Crippen LogP contribution in [0.5, 0.6) is 11.5 Å². The first kappa shape index (κ1) is 16.0. The molecule has 0 saturated heterocycles. The smallest absolute Gasteiger partial charge is 0.338 e. The SMILES string of the molecule is COC(=O)c1cccc2c1CN(CC1COc3ccccc3O1)CC2. The molecule has 2 aliphatic rings. The summed E-state index contributed by atoms with van der Waals surface area (Å²) < 4.78 is 16.8. The minimum atomic E-state index is -0.273. The molecule has 130 valence electrons. The van der Waals surface area contributed by atoms with Crippen LogP contribution in [0.25, 0.3) is 0 Å². The minimum Gasteiger partial charge on any atom is -0.486 e. The summed E-state index contributed by atoms with van der Waals surface area (Å²) in [6.07, 6.45) is 0.909. The van der Waals surface area contributed by atoms with Crippen molar-refractivity contribution in [2.45, 2.75) is 19.1 Å². The summed E-state index contributed by atoms with van der Waals surface area (Å²) in [7, 11) is 1.42. The fourth-order valence-corrected chi connectivity index (χ4v) is 3.53. The average Bonchev–Trinajstić information content (AvgIpc) is 2.67. The van der Waals surface area contributed by atoms with Gasteiger partial charge >= 0.3 is 5.97 Å². The van der Waals surface area contributed by atoms with Crippen LogP contribution in [0.1, 0.15) is 21.5 Å². The molecule has 25 heavy (non-hydrogen) atoms. The van der Waals surface area contributed by atoms with E-state index in [1.165, 1.54) is 12.7 Å². The summed E-state index contributed by atoms with van der Waals surface area (Å²) in [6.45, 7) is 2.98. The van der Waals surface area contributed by atoms with E-state index in [9.17, 15) is 4.79 Å². The minimum absolute atomic E-state index is 0.0123. The molecule has 5 heteroatoms. The Bertz CT molecular complexity index is 789. The van der Waals surface area contributed by atoms with Gasteiger partial charge in [0.1, 0.15) is 12.7 Å². The molecule has 5 nitrogen and oxygen atoms in total. The second-order valence-electron chi connectivity index (χ2n) is 6.42. The normalized spacial score (nSPS) is 19.2. The van der Waals surface area contributed by atoms with Crippen molar-refractivity contribution in [1.29, 1.82) is 0 Å². The fourth-order valence-electron chi connectivity index (χ4n) is 3.53. The van der Waals surface area contributed by atoms with Crippen LogP contribution in [0.3, 0.4) is 0 Å². The van der Waals surface area contributed by atoms with Gasteiger partial charge in [0.05, 0.1) is 12.7 Å². The Morgan fingerprint density at radius 2 is 2.04 bits per heavy atom. The molecule has 0 spiro atoms. The first-order valence-electron chi connectivity index (χ1n) is 8.54. The second kappa shape index (κ2) is 6.76. The average molecular weight is 339 g/mol. The molecule has 0 aromatic heterocycles. The van der Waals surface area contributed by atoms with Crippen molar-refractivity contribution in [1.82, 2.24) is 4.90 Å². The number of para-hydroxylation sites is 2. The van der Waals surface area contributed by atoms with Gasteiger partial charge in [-0.1, -0.05) is 24.3 Å². The van der Waals surface area contributed by atoms with Crippen LogP contribution < -0.4 is 9.47 Å². The lowest BCUT2D eigenvalue weighted by atomic mass is 9.94. The highest BCUT2D eigenvalue weighted by molar-refractivity contribution is 5.91. The molecule has 2 aromatic rings. The Hall–Kier alpha value is -2.53. The number of fused-ring (bicyclic) bond motifs is 2. The largest absolute Gasteiger partial charge is 0.486 e. The molecule has 0 aliphatic carbocycles. The van der Waals surface area contributed by atoms with Crippen LogP contribution in [0, 0.1) is 0 Å². The third-order valence-corrected chi connectivity index (χ3v) is 4.79. The van der Waals surface area contributed by atoms with E-state index < -0.39 is 0 Å². The van der Waals surface area contributed by atoms with Crippen molar-refractivity contribution < 1.29 is 19.0 Å². The van der Waals surface area contributed by atoms with Gasteiger partial charge in [0, 0.05) is 19.6 Å². The first-order chi connectivity index (χ1) is 12.2. The van der Waals surface area contributed by atoms with Crippen LogP contribution in [-0.2, 0) is 17.7 Å². The predicted octanol–water partition coefficient (Wildman–Crippen LogP) is 2.67. The van der Waals surface area contributed by atoms with E-state index in [2.05, 4.69) is 11.0 Å². The maximum atomic E-state index is 12.0. The van der Waals surface area contributed by atoms with Crippen LogP contribution in [0.2, 0.25) is 0 Å². The number of ether oxygens (including phenoxy) is 3. The third kappa shape index (κ3) is 3.20. The van der Waals surface area contributed by atoms with Gasteiger partial charge in [0.2, 0.25) is 0 Å². The zero-order valence-electron chi connectivity index (χ0n) is 14.2. The molecule has 2 aromatic carbocycles. The Morgan fingerprint density at radius 3 is 2.88 bits per heavy atom. The van der Waals surface area contributed by atoms with Gasteiger partial charge in [-0.3, -0.25) is 4.90 Å². The number of nitrogens with zero attached hydrogens (tertiary/aromatic N) is 1. The van der Waals surface area contributed by atoms with Gasteiger partial charge in [-0.25, -0.2) is 4.79 Å². The van der Waals surface area contributed by atoms with E-state index in [1.54, 1.807) is 0 Å². The number of carbonyl (C=O) groups is 1. The maximum absolute atomic E-state index is 12.0. The van der Waals surface area contributed by atoms with Gasteiger partial charge < -0.3 is 14.2 Å². The van der Waals surface area contributed by atoms with E-state index in [1.807, 2.05) is 36.4 Å². The highest BCUT2D eigenvalue weighted by Gasteiger charge is 2.27. The number of hydrogen-bond acceptors (Lipinski definition) is 5. The lowest BCUT2D eigenvalue weighted by molar-refractivity contribution is 0.0535. The molecule has 0 saturated carbocycles. The van der Waals surface area contributed by atoms with Gasteiger partial charge in [-0.2, -0.15) is 0 Å². The summed E-state index contributed by atoms with van der Waals surface area (Å²) in [5.41, 5.74) is 2.96. The molecule has 0 N–H and O–H groups in total. The number of esters is 1. The summed E-state index contributed by atoms with van der Waals surface area (Å²) in [5.74, 6) is 1.33. The van der Waals surface area contributed by atoms with E-state index in [0.29, 0.717) is 12.2 Å². The van der Waals surface area contributed by atoms with Gasteiger partial charge in [0.15, 0.2) is 11.5 Å². The topological polar surface area (TPSA) is 48.0 Å². The van der Waals surface area contributed by atoms with Crippen molar-refractivity contribution in [2.24, 2.45) is 0 Å². The highest BCUT2D eigenvalue weighted by Crippen LogP contribution is 2.31. The molecule has 1 unspecified atom stereocenters. The number of methoxy groups -OCH3 is 1. The second-order valence-corrected chi connectivity index (χ2v) is 6.42. The lowest BCUT2D eigenvalue weighted by Gasteiger charge is -2.34. The Morgan fingerprint density at radius 1 is 1.20 bits per heavy atom. The number of rotatable bonds is 3. The van der Waals surface area contributed by atoms with E-state index in [4.69, 9.17) is 14.2 Å². The number of carbonyl (C=O) groups excluding carboxylic acids is 1. The van der Waals surface area contributed by atoms with E-state index >= 15 is 0 Å². The molecule has 0 amide bonds. The van der Waals surface area contributed by atoms with Gasteiger partial charge in [-0.05, 0) is 35.7 Å². The molecule has 0 radical (unpaired) electrons. The predicted molar refractivity (Wildman–Crippen MR) is 93.1 cm³/mol. The van der Waals surface area contributed by atoms with Crippen molar-refractivity contribution in [2.75, 3.05) is 26.8 Å². The van der Waals surface area contributed by atoms with Crippen molar-refractivity contribution in [3.8, 4) is 11.5 Å². The summed E-state index contributed by atoms with van der Waals surface area (Å²) in [4.78, 5) is 14.4. The molecular formula is C20H21NO4. The van der Waals surface area contributed by atoms with E-state index in [0.717, 1.165) is 43.1 Å². The maximum Gasteiger partial charge on any atom is 0.338 e. The van der Waals surface area contributed by atoms with Crippen molar-refractivity contribution in [3.05, 3.63) is 59.2 Å². The molecular weight excluding hydrogens is 318 g/mol. The van der Waals surface area contributed by atoms with Crippen molar-refractivity contribution >= 4 is 5.97 Å². The molecule has 2 aliphatic heterocycles. The van der Waals surface area contributed by atoms with Gasteiger partial charge in [-0.15, -0.1) is 0 Å². The molecule has 2 heterocycles. The quantitative estimate of drug-likeness (QED) is 0.805. The summed E-state index contributed by atoms with van der Waals surface area (Å²) in [5, 5.41) is 0. The lowest BCUT2D eigenvalue weighted by Crippen LogP contribution is -2.43. The van der Waals surface area contributed by atoms with Crippen LogP contribution in [-0.4, -0.2) is 43.8 Å². The molecule has 1 atom stereocenters. The Labute approximate surface area is 147 Å². The summed E-state index contributed by atoms with van der Waals surface area (Å²) >= 11 is 0. The number of hydrogen-bond donors (Lipinski definition) is 0. The summed E-state index contributed by atoms with van der Waals surface area (Å²) in [6, 6.07) is 13.6. The van der Waals surface area contributed by atoms with Crippen LogP contribution in [0.4, 0.5) is 0 Å². The highest BCUT2D eigenvalue weighted by atomic mass is 16.6. The van der Waals surface area contributed by atoms with Crippen LogP contribution >= 0.6 is 0 Å². The molecule has 4 rings (SSSR count). The standard InChI is InChI=1S/C20H21NO4/c1-23-20(22)16-6-4-5-14-9-10-21(12-17(14)16)11-15-13-24-18-7-2-3-8-19(18)25-15/h2-8,15H,9-13H2,1H3. The monoisotopic (exact) mass is 339 g/mol. The Balaban J connectivity index is 1.47. The van der Waals surface area contributed by atoms with Gasteiger partial charge in [0.25, 0.3) is 0 Å². The van der Waals surface area contributed by atoms with Crippen LogP contribution in [0.15, 0.2) is 42.5 Å². The zero-order chi connectivity index (χ0) is 17.2. The fraction of sp³-hybridized carbons (Fsp3) is 0.350. The third-order valence-electron chi connectivity index (χ3n) is 4.79. The first-order valence-corrected chi connectivity index (χ1v) is 8.54. The molecule has 0 bridgehead atoms. The Kier molecular flexibility index (Phi) is 4.32. The zero-order valence-corrected chi connectivity index (χ0v) is 14.2.